The van der Waals surface area contributed by atoms with Gasteiger partial charge in [-0.05, 0) is 34.2 Å². The summed E-state index contributed by atoms with van der Waals surface area (Å²) in [7, 11) is 0. The normalized spacial score (nSPS) is 24.7. The monoisotopic (exact) mass is 308 g/mol. The predicted molar refractivity (Wildman–Crippen MR) is 75.8 cm³/mol. The van der Waals surface area contributed by atoms with Gasteiger partial charge in [-0.1, -0.05) is 13.8 Å². The third-order valence-electron chi connectivity index (χ3n) is 3.96. The number of anilines is 1. The van der Waals surface area contributed by atoms with Crippen molar-refractivity contribution in [3.8, 4) is 0 Å². The first kappa shape index (κ1) is 12.0. The number of fused-ring (bicyclic) bond motifs is 1. The van der Waals surface area contributed by atoms with Gasteiger partial charge in [-0.25, -0.2) is 9.97 Å². The zero-order chi connectivity index (χ0) is 12.7. The molecule has 0 bridgehead atoms. The predicted octanol–water partition coefficient (Wildman–Crippen LogP) is 2.97. The molecule has 2 atom stereocenters. The number of nitrogens with zero attached hydrogens (tertiary/aromatic N) is 4. The number of halogens is 1. The van der Waals surface area contributed by atoms with Gasteiger partial charge in [0.05, 0.1) is 0 Å². The molecule has 0 aromatic carbocycles. The number of rotatable bonds is 1. The minimum Gasteiger partial charge on any atom is -0.353 e. The van der Waals surface area contributed by atoms with Crippen molar-refractivity contribution in [1.29, 1.82) is 0 Å². The molecule has 96 valence electrons. The van der Waals surface area contributed by atoms with Gasteiger partial charge in [-0.15, -0.1) is 0 Å². The molecular weight excluding hydrogens is 292 g/mol. The summed E-state index contributed by atoms with van der Waals surface area (Å²) < 4.78 is 2.88. The van der Waals surface area contributed by atoms with Crippen molar-refractivity contribution in [2.45, 2.75) is 20.3 Å². The van der Waals surface area contributed by atoms with E-state index in [-0.39, 0.29) is 0 Å². The van der Waals surface area contributed by atoms with Crippen LogP contribution in [-0.4, -0.2) is 27.5 Å². The smallest absolute Gasteiger partial charge is 0.180 e. The highest BCUT2D eigenvalue weighted by atomic mass is 79.9. The minimum atomic E-state index is 0.703. The van der Waals surface area contributed by atoms with E-state index in [1.54, 1.807) is 0 Å². The van der Waals surface area contributed by atoms with Gasteiger partial charge in [0.25, 0.3) is 0 Å². The van der Waals surface area contributed by atoms with E-state index < -0.39 is 0 Å². The van der Waals surface area contributed by atoms with Crippen LogP contribution in [-0.2, 0) is 0 Å². The quantitative estimate of drug-likeness (QED) is 0.812. The number of hydrogen-bond donors (Lipinski definition) is 0. The Morgan fingerprint density at radius 1 is 1.33 bits per heavy atom. The second-order valence-corrected chi connectivity index (χ2v) is 6.05. The molecule has 0 N–H and O–H groups in total. The van der Waals surface area contributed by atoms with Gasteiger partial charge in [-0.2, -0.15) is 0 Å². The first-order chi connectivity index (χ1) is 8.65. The highest BCUT2D eigenvalue weighted by Crippen LogP contribution is 2.28. The molecule has 0 aliphatic carbocycles. The summed E-state index contributed by atoms with van der Waals surface area (Å²) in [5, 5.41) is 0. The van der Waals surface area contributed by atoms with E-state index in [1.807, 2.05) is 23.0 Å². The van der Waals surface area contributed by atoms with Gasteiger partial charge in [0, 0.05) is 31.7 Å². The topological polar surface area (TPSA) is 33.4 Å². The van der Waals surface area contributed by atoms with Crippen molar-refractivity contribution in [3.05, 3.63) is 23.2 Å². The van der Waals surface area contributed by atoms with Gasteiger partial charge in [-0.3, -0.25) is 0 Å². The molecule has 0 spiro atoms. The number of hydrogen-bond acceptors (Lipinski definition) is 3. The van der Waals surface area contributed by atoms with E-state index in [1.165, 1.54) is 6.42 Å². The Labute approximate surface area is 115 Å². The minimum absolute atomic E-state index is 0.703. The van der Waals surface area contributed by atoms with E-state index in [4.69, 9.17) is 0 Å². The highest BCUT2D eigenvalue weighted by Gasteiger charge is 2.25. The maximum atomic E-state index is 4.62. The molecule has 2 unspecified atom stereocenters. The SMILES string of the molecule is CC1CCN(c2nc(Br)cn3ccnc23)CC1C. The van der Waals surface area contributed by atoms with Gasteiger partial charge in [0.15, 0.2) is 11.5 Å². The zero-order valence-corrected chi connectivity index (χ0v) is 12.3. The van der Waals surface area contributed by atoms with Gasteiger partial charge in [0.1, 0.15) is 4.60 Å². The maximum absolute atomic E-state index is 4.62. The van der Waals surface area contributed by atoms with Crippen LogP contribution < -0.4 is 4.90 Å². The Morgan fingerprint density at radius 2 is 2.17 bits per heavy atom. The van der Waals surface area contributed by atoms with Crippen LogP contribution in [0.4, 0.5) is 5.82 Å². The molecule has 1 aliphatic heterocycles. The average molecular weight is 309 g/mol. The van der Waals surface area contributed by atoms with Crippen molar-refractivity contribution >= 4 is 27.4 Å². The molecule has 3 rings (SSSR count). The van der Waals surface area contributed by atoms with Crippen LogP contribution >= 0.6 is 15.9 Å². The van der Waals surface area contributed by atoms with Crippen LogP contribution in [0.3, 0.4) is 0 Å². The Bertz CT molecular complexity index is 565. The van der Waals surface area contributed by atoms with E-state index in [0.717, 1.165) is 35.1 Å². The van der Waals surface area contributed by atoms with Crippen LogP contribution in [0.25, 0.3) is 5.65 Å². The van der Waals surface area contributed by atoms with Gasteiger partial charge < -0.3 is 9.30 Å². The summed E-state index contributed by atoms with van der Waals surface area (Å²) >= 11 is 3.48. The van der Waals surface area contributed by atoms with E-state index in [9.17, 15) is 0 Å². The molecule has 3 heterocycles. The fourth-order valence-corrected chi connectivity index (χ4v) is 2.94. The molecule has 5 heteroatoms. The molecular formula is C13H17BrN4. The summed E-state index contributed by atoms with van der Waals surface area (Å²) in [4.78, 5) is 11.4. The molecule has 4 nitrogen and oxygen atoms in total. The van der Waals surface area contributed by atoms with Crippen LogP contribution in [0.1, 0.15) is 20.3 Å². The van der Waals surface area contributed by atoms with Crippen LogP contribution in [0, 0.1) is 11.8 Å². The molecule has 1 fully saturated rings. The fraction of sp³-hybridized carbons (Fsp3) is 0.538. The summed E-state index contributed by atoms with van der Waals surface area (Å²) in [6, 6.07) is 0. The highest BCUT2D eigenvalue weighted by molar-refractivity contribution is 9.10. The Kier molecular flexibility index (Phi) is 3.01. The molecule has 1 saturated heterocycles. The van der Waals surface area contributed by atoms with Crippen molar-refractivity contribution in [3.63, 3.8) is 0 Å². The molecule has 2 aromatic rings. The second kappa shape index (κ2) is 4.53. The standard InChI is InChI=1S/C13H17BrN4/c1-9-3-5-17(7-10(9)2)13-12-15-4-6-18(12)8-11(14)16-13/h4,6,8-10H,3,5,7H2,1-2H3. The molecule has 0 saturated carbocycles. The van der Waals surface area contributed by atoms with Crippen molar-refractivity contribution in [2.75, 3.05) is 18.0 Å². The maximum Gasteiger partial charge on any atom is 0.180 e. The van der Waals surface area contributed by atoms with Crippen molar-refractivity contribution in [1.82, 2.24) is 14.4 Å². The molecule has 2 aromatic heterocycles. The third-order valence-corrected chi connectivity index (χ3v) is 4.34. The fourth-order valence-electron chi connectivity index (χ4n) is 2.55. The lowest BCUT2D eigenvalue weighted by Crippen LogP contribution is -2.39. The molecule has 18 heavy (non-hydrogen) atoms. The van der Waals surface area contributed by atoms with E-state index in [2.05, 4.69) is 44.6 Å². The van der Waals surface area contributed by atoms with Crippen molar-refractivity contribution in [2.24, 2.45) is 11.8 Å². The van der Waals surface area contributed by atoms with E-state index >= 15 is 0 Å². The molecule has 0 amide bonds. The zero-order valence-electron chi connectivity index (χ0n) is 10.7. The Hall–Kier alpha value is -1.10. The van der Waals surface area contributed by atoms with E-state index in [0.29, 0.717) is 5.92 Å². The lowest BCUT2D eigenvalue weighted by molar-refractivity contribution is 0.323. The van der Waals surface area contributed by atoms with Gasteiger partial charge >= 0.3 is 0 Å². The summed E-state index contributed by atoms with van der Waals surface area (Å²) in [5.74, 6) is 2.49. The number of imidazole rings is 1. The average Bonchev–Trinajstić information content (AvgIpc) is 2.79. The molecule has 1 aliphatic rings. The van der Waals surface area contributed by atoms with Crippen LogP contribution in [0.5, 0.6) is 0 Å². The second-order valence-electron chi connectivity index (χ2n) is 5.23. The first-order valence-electron chi connectivity index (χ1n) is 6.39. The first-order valence-corrected chi connectivity index (χ1v) is 7.18. The number of aromatic nitrogens is 3. The Morgan fingerprint density at radius 3 is 2.94 bits per heavy atom. The lowest BCUT2D eigenvalue weighted by Gasteiger charge is -2.36. The van der Waals surface area contributed by atoms with Crippen LogP contribution in [0.15, 0.2) is 23.2 Å². The summed E-state index contributed by atoms with van der Waals surface area (Å²) in [6.07, 6.45) is 6.95. The molecule has 0 radical (unpaired) electrons. The Balaban J connectivity index is 2.01. The largest absolute Gasteiger partial charge is 0.353 e. The summed E-state index contributed by atoms with van der Waals surface area (Å²) in [6.45, 7) is 6.78. The van der Waals surface area contributed by atoms with Crippen LogP contribution in [0.2, 0.25) is 0 Å². The summed E-state index contributed by atoms with van der Waals surface area (Å²) in [5.41, 5.74) is 0.944. The third kappa shape index (κ3) is 2.00. The number of piperidine rings is 1. The lowest BCUT2D eigenvalue weighted by atomic mass is 9.89. The van der Waals surface area contributed by atoms with Gasteiger partial charge in [0.2, 0.25) is 0 Å². The van der Waals surface area contributed by atoms with Crippen molar-refractivity contribution < 1.29 is 0 Å².